The monoisotopic (exact) mass is 336 g/mol. The van der Waals surface area contributed by atoms with E-state index in [0.717, 1.165) is 37.2 Å². The number of benzene rings is 1. The van der Waals surface area contributed by atoms with E-state index < -0.39 is 0 Å². The van der Waals surface area contributed by atoms with Gasteiger partial charge in [0.25, 0.3) is 0 Å². The van der Waals surface area contributed by atoms with E-state index in [9.17, 15) is 9.59 Å². The molecule has 0 aromatic heterocycles. The van der Waals surface area contributed by atoms with Gasteiger partial charge in [-0.1, -0.05) is 25.4 Å². The van der Waals surface area contributed by atoms with Gasteiger partial charge in [-0.25, -0.2) is 0 Å². The van der Waals surface area contributed by atoms with E-state index in [0.29, 0.717) is 11.4 Å². The molecule has 0 saturated heterocycles. The van der Waals surface area contributed by atoms with E-state index in [2.05, 4.69) is 19.2 Å². The van der Waals surface area contributed by atoms with Gasteiger partial charge in [-0.2, -0.15) is 0 Å². The average molecular weight is 337 g/mol. The largest absolute Gasteiger partial charge is 0.342 e. The highest BCUT2D eigenvalue weighted by atomic mass is 35.5. The summed E-state index contributed by atoms with van der Waals surface area (Å²) >= 11 is 5.92. The number of hydrogen-bond donors (Lipinski definition) is 1. The Bertz CT molecular complexity index is 582. The van der Waals surface area contributed by atoms with Crippen LogP contribution in [0.25, 0.3) is 0 Å². The first-order valence-electron chi connectivity index (χ1n) is 8.33. The first kappa shape index (κ1) is 17.8. The van der Waals surface area contributed by atoms with Gasteiger partial charge >= 0.3 is 0 Å². The van der Waals surface area contributed by atoms with Crippen LogP contribution >= 0.6 is 11.6 Å². The third kappa shape index (κ3) is 4.47. The molecule has 2 amide bonds. The van der Waals surface area contributed by atoms with E-state index in [-0.39, 0.29) is 23.7 Å². The number of carbonyl (C=O) groups is 2. The molecule has 0 bridgehead atoms. The van der Waals surface area contributed by atoms with Crippen molar-refractivity contribution >= 4 is 29.1 Å². The fraction of sp³-hybridized carbons (Fsp3) is 0.556. The van der Waals surface area contributed by atoms with Crippen LogP contribution in [0.1, 0.15) is 38.7 Å². The first-order chi connectivity index (χ1) is 11.0. The van der Waals surface area contributed by atoms with E-state index in [1.54, 1.807) is 12.1 Å². The van der Waals surface area contributed by atoms with Gasteiger partial charge in [0, 0.05) is 23.8 Å². The summed E-state index contributed by atoms with van der Waals surface area (Å²) in [7, 11) is 0. The molecule has 0 aliphatic heterocycles. The zero-order valence-corrected chi connectivity index (χ0v) is 14.8. The number of halogens is 1. The van der Waals surface area contributed by atoms with Crippen LogP contribution in [0.15, 0.2) is 18.2 Å². The molecule has 23 heavy (non-hydrogen) atoms. The van der Waals surface area contributed by atoms with Gasteiger partial charge in [0.15, 0.2) is 0 Å². The maximum absolute atomic E-state index is 12.5. The molecule has 1 aliphatic carbocycles. The molecule has 1 fully saturated rings. The third-order valence-electron chi connectivity index (χ3n) is 4.19. The summed E-state index contributed by atoms with van der Waals surface area (Å²) in [5.74, 6) is -0.294. The Morgan fingerprint density at radius 3 is 2.43 bits per heavy atom. The number of nitrogens with zero attached hydrogens (tertiary/aromatic N) is 1. The molecule has 2 rings (SSSR count). The Balaban J connectivity index is 1.94. The minimum absolute atomic E-state index is 0.0679. The molecule has 1 saturated carbocycles. The van der Waals surface area contributed by atoms with Crippen LogP contribution in [-0.2, 0) is 9.59 Å². The van der Waals surface area contributed by atoms with Gasteiger partial charge in [-0.15, -0.1) is 0 Å². The first-order valence-corrected chi connectivity index (χ1v) is 8.71. The zero-order valence-electron chi connectivity index (χ0n) is 14.1. The Morgan fingerprint density at radius 1 is 1.22 bits per heavy atom. The molecule has 5 heteroatoms. The van der Waals surface area contributed by atoms with Crippen molar-refractivity contribution in [2.45, 2.75) is 40.0 Å². The topological polar surface area (TPSA) is 49.4 Å². The number of nitrogens with one attached hydrogen (secondary N) is 1. The summed E-state index contributed by atoms with van der Waals surface area (Å²) < 4.78 is 0. The van der Waals surface area contributed by atoms with E-state index in [1.165, 1.54) is 0 Å². The van der Waals surface area contributed by atoms with Crippen molar-refractivity contribution in [1.29, 1.82) is 0 Å². The molecule has 126 valence electrons. The van der Waals surface area contributed by atoms with E-state index in [1.807, 2.05) is 17.9 Å². The second kappa shape index (κ2) is 7.82. The lowest BCUT2D eigenvalue weighted by molar-refractivity contribution is -0.134. The molecule has 0 heterocycles. The van der Waals surface area contributed by atoms with E-state index in [4.69, 9.17) is 11.6 Å². The quantitative estimate of drug-likeness (QED) is 0.821. The summed E-state index contributed by atoms with van der Waals surface area (Å²) in [6.45, 7) is 7.58. The number of aryl methyl sites for hydroxylation is 1. The SMILES string of the molecule is CCCN(CCC)C(=O)C1CC1C(=O)Nc1ccc(Cl)cc1C. The fourth-order valence-electron chi connectivity index (χ4n) is 2.86. The minimum atomic E-state index is -0.200. The minimum Gasteiger partial charge on any atom is -0.342 e. The zero-order chi connectivity index (χ0) is 17.0. The van der Waals surface area contributed by atoms with Crippen molar-refractivity contribution in [3.8, 4) is 0 Å². The second-order valence-corrected chi connectivity index (χ2v) is 6.66. The van der Waals surface area contributed by atoms with Gasteiger partial charge in [0.2, 0.25) is 11.8 Å². The highest BCUT2D eigenvalue weighted by Gasteiger charge is 2.49. The van der Waals surface area contributed by atoms with Crippen molar-refractivity contribution < 1.29 is 9.59 Å². The molecule has 1 aliphatic rings. The predicted octanol–water partition coefficient (Wildman–Crippen LogP) is 3.87. The lowest BCUT2D eigenvalue weighted by atomic mass is 10.2. The van der Waals surface area contributed by atoms with Gasteiger partial charge in [-0.05, 0) is 49.9 Å². The van der Waals surface area contributed by atoms with Crippen molar-refractivity contribution in [3.05, 3.63) is 28.8 Å². The number of amides is 2. The van der Waals surface area contributed by atoms with Gasteiger partial charge in [0.05, 0.1) is 11.8 Å². The van der Waals surface area contributed by atoms with E-state index >= 15 is 0 Å². The number of rotatable bonds is 7. The molecule has 1 aromatic carbocycles. The average Bonchev–Trinajstić information content (AvgIpc) is 3.30. The van der Waals surface area contributed by atoms with Crippen LogP contribution in [0, 0.1) is 18.8 Å². The summed E-state index contributed by atoms with van der Waals surface area (Å²) in [6.07, 6.45) is 2.54. The van der Waals surface area contributed by atoms with Gasteiger partial charge < -0.3 is 10.2 Å². The van der Waals surface area contributed by atoms with Gasteiger partial charge in [0.1, 0.15) is 0 Å². The summed E-state index contributed by atoms with van der Waals surface area (Å²) in [5.41, 5.74) is 1.68. The molecule has 1 aromatic rings. The van der Waals surface area contributed by atoms with Crippen LogP contribution in [0.4, 0.5) is 5.69 Å². The maximum Gasteiger partial charge on any atom is 0.228 e. The highest BCUT2D eigenvalue weighted by molar-refractivity contribution is 6.30. The van der Waals surface area contributed by atoms with Crippen molar-refractivity contribution in [1.82, 2.24) is 4.90 Å². The second-order valence-electron chi connectivity index (χ2n) is 6.22. The Morgan fingerprint density at radius 2 is 1.87 bits per heavy atom. The molecule has 4 nitrogen and oxygen atoms in total. The highest BCUT2D eigenvalue weighted by Crippen LogP contribution is 2.41. The van der Waals surface area contributed by atoms with Crippen LogP contribution in [0.2, 0.25) is 5.02 Å². The predicted molar refractivity (Wildman–Crippen MR) is 93.6 cm³/mol. The van der Waals surface area contributed by atoms with Crippen LogP contribution in [0.5, 0.6) is 0 Å². The van der Waals surface area contributed by atoms with Gasteiger partial charge in [-0.3, -0.25) is 9.59 Å². The molecular formula is C18H25ClN2O2. The number of anilines is 1. The van der Waals surface area contributed by atoms with Crippen molar-refractivity contribution in [3.63, 3.8) is 0 Å². The third-order valence-corrected chi connectivity index (χ3v) is 4.42. The molecular weight excluding hydrogens is 312 g/mol. The standard InChI is InChI=1S/C18H25ClN2O2/c1-4-8-21(9-5-2)18(23)15-11-14(15)17(22)20-16-7-6-13(19)10-12(16)3/h6-7,10,14-15H,4-5,8-9,11H2,1-3H3,(H,20,22). The van der Waals surface area contributed by atoms with Crippen LogP contribution in [0.3, 0.4) is 0 Å². The number of hydrogen-bond acceptors (Lipinski definition) is 2. The summed E-state index contributed by atoms with van der Waals surface area (Å²) in [5, 5.41) is 3.57. The molecule has 0 spiro atoms. The molecule has 2 atom stereocenters. The normalized spacial score (nSPS) is 19.3. The molecule has 0 radical (unpaired) electrons. The fourth-order valence-corrected chi connectivity index (χ4v) is 3.08. The van der Waals surface area contributed by atoms with Crippen molar-refractivity contribution in [2.75, 3.05) is 18.4 Å². The van der Waals surface area contributed by atoms with Crippen LogP contribution in [-0.4, -0.2) is 29.8 Å². The lowest BCUT2D eigenvalue weighted by Gasteiger charge is -2.21. The summed E-state index contributed by atoms with van der Waals surface area (Å²) in [6, 6.07) is 5.37. The molecule has 1 N–H and O–H groups in total. The van der Waals surface area contributed by atoms with Crippen LogP contribution < -0.4 is 5.32 Å². The maximum atomic E-state index is 12.5. The lowest BCUT2D eigenvalue weighted by Crippen LogP contribution is -2.34. The Kier molecular flexibility index (Phi) is 6.05. The Labute approximate surface area is 143 Å². The summed E-state index contributed by atoms with van der Waals surface area (Å²) in [4.78, 5) is 26.7. The Hall–Kier alpha value is -1.55. The van der Waals surface area contributed by atoms with Crippen molar-refractivity contribution in [2.24, 2.45) is 11.8 Å². The molecule has 2 unspecified atom stereocenters. The number of carbonyl (C=O) groups excluding carboxylic acids is 2. The smallest absolute Gasteiger partial charge is 0.228 e.